The first-order chi connectivity index (χ1) is 16.6. The Labute approximate surface area is 195 Å². The first-order valence-electron chi connectivity index (χ1n) is 10.4. The Hall–Kier alpha value is -4.79. The van der Waals surface area contributed by atoms with Crippen LogP contribution in [0.5, 0.6) is 11.5 Å². The molecule has 4 aromatic rings. The highest BCUT2D eigenvalue weighted by molar-refractivity contribution is 6.15. The third-order valence-corrected chi connectivity index (χ3v) is 4.63. The van der Waals surface area contributed by atoms with Crippen molar-refractivity contribution in [2.45, 2.75) is 6.92 Å². The van der Waals surface area contributed by atoms with Crippen LogP contribution < -0.4 is 10.1 Å². The molecule has 170 valence electrons. The summed E-state index contributed by atoms with van der Waals surface area (Å²) in [5, 5.41) is 14.0. The van der Waals surface area contributed by atoms with E-state index in [4.69, 9.17) is 9.47 Å². The van der Waals surface area contributed by atoms with E-state index >= 15 is 0 Å². The number of benzene rings is 3. The van der Waals surface area contributed by atoms with Gasteiger partial charge < -0.3 is 14.8 Å². The van der Waals surface area contributed by atoms with Crippen molar-refractivity contribution in [2.24, 2.45) is 0 Å². The third kappa shape index (κ3) is 5.71. The van der Waals surface area contributed by atoms with E-state index in [9.17, 15) is 9.59 Å². The molecule has 1 N–H and O–H groups in total. The molecule has 0 aliphatic rings. The molecule has 9 nitrogen and oxygen atoms in total. The molecular formula is C25H21N5O4. The van der Waals surface area contributed by atoms with Crippen LogP contribution in [-0.4, -0.2) is 38.7 Å². The Balaban J connectivity index is 1.45. The van der Waals surface area contributed by atoms with Crippen LogP contribution in [0.25, 0.3) is 11.8 Å². The number of nitrogens with one attached hydrogen (secondary N) is 1. The second-order valence-corrected chi connectivity index (χ2v) is 7.11. The molecular weight excluding hydrogens is 434 g/mol. The molecule has 0 saturated carbocycles. The van der Waals surface area contributed by atoms with Gasteiger partial charge in [0.1, 0.15) is 5.75 Å². The van der Waals surface area contributed by atoms with Gasteiger partial charge in [0, 0.05) is 0 Å². The fourth-order valence-electron chi connectivity index (χ4n) is 3.03. The average Bonchev–Trinajstić information content (AvgIpc) is 3.29. The van der Waals surface area contributed by atoms with E-state index in [0.29, 0.717) is 23.0 Å². The number of aryl methyl sites for hydroxylation is 1. The molecule has 0 atom stereocenters. The summed E-state index contributed by atoms with van der Waals surface area (Å²) in [5.74, 6) is 0.217. The van der Waals surface area contributed by atoms with Crippen LogP contribution in [0.4, 0.5) is 5.69 Å². The number of esters is 1. The van der Waals surface area contributed by atoms with Crippen LogP contribution >= 0.6 is 0 Å². The highest BCUT2D eigenvalue weighted by atomic mass is 16.5. The average molecular weight is 455 g/mol. The van der Waals surface area contributed by atoms with Crippen molar-refractivity contribution < 1.29 is 19.1 Å². The Morgan fingerprint density at radius 1 is 0.941 bits per heavy atom. The van der Waals surface area contributed by atoms with E-state index < -0.39 is 18.5 Å². The summed E-state index contributed by atoms with van der Waals surface area (Å²) < 4.78 is 12.4. The third-order valence-electron chi connectivity index (χ3n) is 4.63. The molecule has 1 heterocycles. The molecule has 0 aliphatic heterocycles. The zero-order valence-electron chi connectivity index (χ0n) is 18.3. The molecule has 9 heteroatoms. The number of rotatable bonds is 8. The van der Waals surface area contributed by atoms with Crippen molar-refractivity contribution >= 4 is 29.3 Å². The SMILES string of the molecule is Cc1nnnn1/C(=C\c1ccccc1)C(=O)OCC(=O)Nc1ccccc1Oc1ccccc1. The molecule has 0 radical (unpaired) electrons. The lowest BCUT2D eigenvalue weighted by atomic mass is 10.2. The second-order valence-electron chi connectivity index (χ2n) is 7.11. The number of amides is 1. The fraction of sp³-hybridized carbons (Fsp3) is 0.0800. The maximum absolute atomic E-state index is 12.9. The molecule has 1 amide bonds. The number of nitrogens with zero attached hydrogens (tertiary/aromatic N) is 4. The summed E-state index contributed by atoms with van der Waals surface area (Å²) in [6, 6.07) is 25.4. The number of anilines is 1. The van der Waals surface area contributed by atoms with Gasteiger partial charge in [0.05, 0.1) is 5.69 Å². The summed E-state index contributed by atoms with van der Waals surface area (Å²) in [7, 11) is 0. The number of hydrogen-bond donors (Lipinski definition) is 1. The molecule has 0 saturated heterocycles. The van der Waals surface area contributed by atoms with Gasteiger partial charge in [0.2, 0.25) is 0 Å². The Kier molecular flexibility index (Phi) is 7.04. The fourth-order valence-corrected chi connectivity index (χ4v) is 3.03. The van der Waals surface area contributed by atoms with Crippen LogP contribution in [0.3, 0.4) is 0 Å². The predicted molar refractivity (Wildman–Crippen MR) is 126 cm³/mol. The van der Waals surface area contributed by atoms with Crippen molar-refractivity contribution in [3.8, 4) is 11.5 Å². The summed E-state index contributed by atoms with van der Waals surface area (Å²) in [6.45, 7) is 1.15. The lowest BCUT2D eigenvalue weighted by molar-refractivity contribution is -0.141. The van der Waals surface area contributed by atoms with E-state index in [0.717, 1.165) is 5.56 Å². The summed E-state index contributed by atoms with van der Waals surface area (Å²) >= 11 is 0. The first-order valence-corrected chi connectivity index (χ1v) is 10.4. The van der Waals surface area contributed by atoms with E-state index in [2.05, 4.69) is 20.8 Å². The minimum Gasteiger partial charge on any atom is -0.455 e. The molecule has 0 spiro atoms. The molecule has 0 aliphatic carbocycles. The van der Waals surface area contributed by atoms with Crippen molar-refractivity contribution in [1.29, 1.82) is 0 Å². The van der Waals surface area contributed by atoms with E-state index in [-0.39, 0.29) is 5.70 Å². The van der Waals surface area contributed by atoms with Crippen LogP contribution in [0, 0.1) is 6.92 Å². The van der Waals surface area contributed by atoms with Crippen LogP contribution in [0.15, 0.2) is 84.9 Å². The highest BCUT2D eigenvalue weighted by Crippen LogP contribution is 2.29. The van der Waals surface area contributed by atoms with Gasteiger partial charge in [-0.1, -0.05) is 60.7 Å². The van der Waals surface area contributed by atoms with Crippen LogP contribution in [0.1, 0.15) is 11.4 Å². The molecule has 0 bridgehead atoms. The summed E-state index contributed by atoms with van der Waals surface area (Å²) in [6.07, 6.45) is 1.59. The normalized spacial score (nSPS) is 11.0. The van der Waals surface area contributed by atoms with Crippen molar-refractivity contribution in [1.82, 2.24) is 20.2 Å². The topological polar surface area (TPSA) is 108 Å². The van der Waals surface area contributed by atoms with Crippen molar-refractivity contribution in [3.05, 3.63) is 96.3 Å². The Morgan fingerprint density at radius 2 is 1.62 bits per heavy atom. The van der Waals surface area contributed by atoms with E-state index in [1.165, 1.54) is 4.68 Å². The van der Waals surface area contributed by atoms with E-state index in [1.54, 1.807) is 37.3 Å². The van der Waals surface area contributed by atoms with Crippen molar-refractivity contribution in [3.63, 3.8) is 0 Å². The number of aromatic nitrogens is 4. The van der Waals surface area contributed by atoms with Gasteiger partial charge in [-0.15, -0.1) is 5.10 Å². The van der Waals surface area contributed by atoms with Crippen LogP contribution in [0.2, 0.25) is 0 Å². The summed E-state index contributed by atoms with van der Waals surface area (Å²) in [5.41, 5.74) is 1.28. The number of tetrazole rings is 1. The maximum atomic E-state index is 12.9. The smallest absolute Gasteiger partial charge is 0.357 e. The minimum absolute atomic E-state index is 0.0781. The lowest BCUT2D eigenvalue weighted by Gasteiger charge is -2.13. The molecule has 34 heavy (non-hydrogen) atoms. The minimum atomic E-state index is -0.747. The maximum Gasteiger partial charge on any atom is 0.357 e. The molecule has 1 aromatic heterocycles. The second kappa shape index (κ2) is 10.7. The summed E-state index contributed by atoms with van der Waals surface area (Å²) in [4.78, 5) is 25.4. The van der Waals surface area contributed by atoms with Crippen molar-refractivity contribution in [2.75, 3.05) is 11.9 Å². The zero-order chi connectivity index (χ0) is 23.8. The molecule has 4 rings (SSSR count). The lowest BCUT2D eigenvalue weighted by Crippen LogP contribution is -2.23. The van der Waals surface area contributed by atoms with E-state index in [1.807, 2.05) is 60.7 Å². The molecule has 0 unspecified atom stereocenters. The van der Waals surface area contributed by atoms with Gasteiger partial charge in [-0.05, 0) is 53.3 Å². The number of para-hydroxylation sites is 3. The number of ether oxygens (including phenoxy) is 2. The Bertz CT molecular complexity index is 1300. The number of carbonyl (C=O) groups excluding carboxylic acids is 2. The predicted octanol–water partition coefficient (Wildman–Crippen LogP) is 3.95. The van der Waals surface area contributed by atoms with Gasteiger partial charge in [-0.25, -0.2) is 4.79 Å². The zero-order valence-corrected chi connectivity index (χ0v) is 18.3. The van der Waals surface area contributed by atoms with Gasteiger partial charge >= 0.3 is 5.97 Å². The standard InChI is InChI=1S/C25H21N5O4/c1-18-27-28-29-30(18)22(16-19-10-4-2-5-11-19)25(32)33-17-24(31)26-21-14-8-9-15-23(21)34-20-12-6-3-7-13-20/h2-16H,17H2,1H3,(H,26,31)/b22-16-. The molecule has 3 aromatic carbocycles. The van der Waals surface area contributed by atoms with Gasteiger partial charge in [-0.3, -0.25) is 4.79 Å². The first kappa shape index (κ1) is 22.4. The van der Waals surface area contributed by atoms with Crippen LogP contribution in [-0.2, 0) is 14.3 Å². The monoisotopic (exact) mass is 455 g/mol. The van der Waals surface area contributed by atoms with Gasteiger partial charge in [-0.2, -0.15) is 4.68 Å². The Morgan fingerprint density at radius 3 is 2.32 bits per heavy atom. The van der Waals surface area contributed by atoms with Gasteiger partial charge in [0.25, 0.3) is 5.91 Å². The molecule has 0 fully saturated rings. The largest absolute Gasteiger partial charge is 0.455 e. The quantitative estimate of drug-likeness (QED) is 0.316. The highest BCUT2D eigenvalue weighted by Gasteiger charge is 2.19. The number of carbonyl (C=O) groups is 2. The number of hydrogen-bond acceptors (Lipinski definition) is 7. The van der Waals surface area contributed by atoms with Gasteiger partial charge in [0.15, 0.2) is 23.9 Å².